The largest absolute Gasteiger partial charge is 0.394 e. The molecular formula is C14H22N2O. The van der Waals surface area contributed by atoms with Crippen LogP contribution in [0.15, 0.2) is 24.3 Å². The Labute approximate surface area is 103 Å². The molecular weight excluding hydrogens is 212 g/mol. The van der Waals surface area contributed by atoms with Crippen LogP contribution in [-0.4, -0.2) is 42.8 Å². The molecule has 1 atom stereocenters. The van der Waals surface area contributed by atoms with E-state index >= 15 is 0 Å². The van der Waals surface area contributed by atoms with Crippen molar-refractivity contribution in [2.75, 3.05) is 32.8 Å². The molecule has 3 heteroatoms. The fourth-order valence-corrected chi connectivity index (χ4v) is 2.69. The summed E-state index contributed by atoms with van der Waals surface area (Å²) in [6.07, 6.45) is 0. The molecule has 0 aromatic heterocycles. The zero-order chi connectivity index (χ0) is 12.3. The van der Waals surface area contributed by atoms with Crippen molar-refractivity contribution in [3.05, 3.63) is 35.4 Å². The average molecular weight is 234 g/mol. The third-order valence-electron chi connectivity index (χ3n) is 3.85. The maximum atomic E-state index is 9.85. The summed E-state index contributed by atoms with van der Waals surface area (Å²) >= 11 is 0. The Bertz CT molecular complexity index is 374. The predicted molar refractivity (Wildman–Crippen MR) is 70.1 cm³/mol. The highest BCUT2D eigenvalue weighted by Crippen LogP contribution is 2.30. The second kappa shape index (κ2) is 5.17. The molecule has 1 aliphatic rings. The Morgan fingerprint density at radius 1 is 1.29 bits per heavy atom. The van der Waals surface area contributed by atoms with Gasteiger partial charge in [0.2, 0.25) is 0 Å². The molecule has 17 heavy (non-hydrogen) atoms. The Morgan fingerprint density at radius 3 is 2.53 bits per heavy atom. The van der Waals surface area contributed by atoms with Gasteiger partial charge in [-0.1, -0.05) is 24.3 Å². The molecule has 1 saturated heterocycles. The minimum absolute atomic E-state index is 0.165. The zero-order valence-corrected chi connectivity index (χ0v) is 10.7. The van der Waals surface area contributed by atoms with Crippen LogP contribution in [0.5, 0.6) is 0 Å². The highest BCUT2D eigenvalue weighted by Gasteiger charge is 2.34. The lowest BCUT2D eigenvalue weighted by molar-refractivity contribution is 0.0307. The topological polar surface area (TPSA) is 35.5 Å². The van der Waals surface area contributed by atoms with Crippen molar-refractivity contribution >= 4 is 0 Å². The molecule has 2 N–H and O–H groups in total. The van der Waals surface area contributed by atoms with Crippen molar-refractivity contribution in [2.45, 2.75) is 19.4 Å². The number of hydrogen-bond donors (Lipinski definition) is 2. The van der Waals surface area contributed by atoms with E-state index in [-0.39, 0.29) is 12.1 Å². The quantitative estimate of drug-likeness (QED) is 0.822. The number of aliphatic hydroxyl groups is 1. The Balaban J connectivity index is 2.32. The minimum atomic E-state index is -0.257. The second-order valence-corrected chi connectivity index (χ2v) is 4.98. The van der Waals surface area contributed by atoms with Gasteiger partial charge in [-0.3, -0.25) is 4.90 Å². The highest BCUT2D eigenvalue weighted by molar-refractivity contribution is 5.32. The summed E-state index contributed by atoms with van der Waals surface area (Å²) in [5, 5.41) is 13.2. The van der Waals surface area contributed by atoms with Crippen LogP contribution in [0, 0.1) is 6.92 Å². The molecule has 0 saturated carbocycles. The summed E-state index contributed by atoms with van der Waals surface area (Å²) in [4.78, 5) is 2.38. The maximum absolute atomic E-state index is 9.85. The van der Waals surface area contributed by atoms with E-state index in [0.717, 1.165) is 26.2 Å². The molecule has 1 aliphatic heterocycles. The van der Waals surface area contributed by atoms with Crippen molar-refractivity contribution in [1.82, 2.24) is 10.2 Å². The van der Waals surface area contributed by atoms with Crippen LogP contribution in [0.4, 0.5) is 0 Å². The SMILES string of the molecule is Cc1ccccc1C(C)(CO)N1CCNCC1. The smallest absolute Gasteiger partial charge is 0.0668 e. The molecule has 1 aromatic carbocycles. The molecule has 1 unspecified atom stereocenters. The van der Waals surface area contributed by atoms with Crippen molar-refractivity contribution in [3.8, 4) is 0 Å². The van der Waals surface area contributed by atoms with E-state index in [1.54, 1.807) is 0 Å². The van der Waals surface area contributed by atoms with Gasteiger partial charge in [-0.05, 0) is 25.0 Å². The number of hydrogen-bond acceptors (Lipinski definition) is 3. The van der Waals surface area contributed by atoms with Gasteiger partial charge < -0.3 is 10.4 Å². The minimum Gasteiger partial charge on any atom is -0.394 e. The van der Waals surface area contributed by atoms with Gasteiger partial charge >= 0.3 is 0 Å². The van der Waals surface area contributed by atoms with E-state index in [1.807, 2.05) is 6.07 Å². The van der Waals surface area contributed by atoms with Crippen LogP contribution in [-0.2, 0) is 5.54 Å². The van der Waals surface area contributed by atoms with Crippen LogP contribution >= 0.6 is 0 Å². The van der Waals surface area contributed by atoms with Crippen molar-refractivity contribution in [1.29, 1.82) is 0 Å². The molecule has 0 amide bonds. The summed E-state index contributed by atoms with van der Waals surface area (Å²) in [5.74, 6) is 0. The maximum Gasteiger partial charge on any atom is 0.0668 e. The number of nitrogens with one attached hydrogen (secondary N) is 1. The van der Waals surface area contributed by atoms with E-state index in [9.17, 15) is 5.11 Å². The number of piperazine rings is 1. The summed E-state index contributed by atoms with van der Waals surface area (Å²) < 4.78 is 0. The predicted octanol–water partition coefficient (Wildman–Crippen LogP) is 1.11. The summed E-state index contributed by atoms with van der Waals surface area (Å²) in [5.41, 5.74) is 2.24. The summed E-state index contributed by atoms with van der Waals surface area (Å²) in [6.45, 7) is 8.41. The van der Waals surface area contributed by atoms with Gasteiger partial charge in [0, 0.05) is 26.2 Å². The molecule has 1 heterocycles. The molecule has 1 fully saturated rings. The molecule has 0 spiro atoms. The third kappa shape index (κ3) is 2.37. The third-order valence-corrected chi connectivity index (χ3v) is 3.85. The summed E-state index contributed by atoms with van der Waals surface area (Å²) in [7, 11) is 0. The summed E-state index contributed by atoms with van der Waals surface area (Å²) in [6, 6.07) is 8.35. The van der Waals surface area contributed by atoms with E-state index in [0.29, 0.717) is 0 Å². The normalized spacial score (nSPS) is 21.1. The first-order valence-electron chi connectivity index (χ1n) is 6.31. The first-order valence-corrected chi connectivity index (χ1v) is 6.31. The van der Waals surface area contributed by atoms with Gasteiger partial charge in [0.1, 0.15) is 0 Å². The molecule has 2 rings (SSSR count). The van der Waals surface area contributed by atoms with E-state index in [2.05, 4.69) is 42.3 Å². The van der Waals surface area contributed by atoms with E-state index in [4.69, 9.17) is 0 Å². The van der Waals surface area contributed by atoms with Crippen molar-refractivity contribution < 1.29 is 5.11 Å². The van der Waals surface area contributed by atoms with Crippen LogP contribution in [0.25, 0.3) is 0 Å². The van der Waals surface area contributed by atoms with E-state index < -0.39 is 0 Å². The molecule has 0 radical (unpaired) electrons. The van der Waals surface area contributed by atoms with Crippen LogP contribution in [0.3, 0.4) is 0 Å². The highest BCUT2D eigenvalue weighted by atomic mass is 16.3. The lowest BCUT2D eigenvalue weighted by Gasteiger charge is -2.43. The standard InChI is InChI=1S/C14H22N2O/c1-12-5-3-4-6-13(12)14(2,11-17)16-9-7-15-8-10-16/h3-6,15,17H,7-11H2,1-2H3. The van der Waals surface area contributed by atoms with Gasteiger partial charge in [-0.15, -0.1) is 0 Å². The number of benzene rings is 1. The fraction of sp³-hybridized carbons (Fsp3) is 0.571. The Kier molecular flexibility index (Phi) is 3.82. The molecule has 94 valence electrons. The van der Waals surface area contributed by atoms with Gasteiger partial charge in [0.25, 0.3) is 0 Å². The Hall–Kier alpha value is -0.900. The van der Waals surface area contributed by atoms with Gasteiger partial charge in [0.15, 0.2) is 0 Å². The molecule has 3 nitrogen and oxygen atoms in total. The van der Waals surface area contributed by atoms with Crippen molar-refractivity contribution in [3.63, 3.8) is 0 Å². The molecule has 0 aliphatic carbocycles. The average Bonchev–Trinajstić information content (AvgIpc) is 2.39. The van der Waals surface area contributed by atoms with E-state index in [1.165, 1.54) is 11.1 Å². The monoisotopic (exact) mass is 234 g/mol. The Morgan fingerprint density at radius 2 is 1.94 bits per heavy atom. The van der Waals surface area contributed by atoms with Crippen LogP contribution < -0.4 is 5.32 Å². The van der Waals surface area contributed by atoms with Gasteiger partial charge in [0.05, 0.1) is 12.1 Å². The first-order chi connectivity index (χ1) is 8.18. The molecule has 0 bridgehead atoms. The zero-order valence-electron chi connectivity index (χ0n) is 10.7. The van der Waals surface area contributed by atoms with Gasteiger partial charge in [-0.25, -0.2) is 0 Å². The fourth-order valence-electron chi connectivity index (χ4n) is 2.69. The lowest BCUT2D eigenvalue weighted by Crippen LogP contribution is -2.55. The second-order valence-electron chi connectivity index (χ2n) is 4.98. The first kappa shape index (κ1) is 12.6. The van der Waals surface area contributed by atoms with Crippen LogP contribution in [0.1, 0.15) is 18.1 Å². The molecule has 1 aromatic rings. The van der Waals surface area contributed by atoms with Gasteiger partial charge in [-0.2, -0.15) is 0 Å². The number of aliphatic hydroxyl groups excluding tert-OH is 1. The number of nitrogens with zero attached hydrogens (tertiary/aromatic N) is 1. The van der Waals surface area contributed by atoms with Crippen molar-refractivity contribution in [2.24, 2.45) is 0 Å². The van der Waals surface area contributed by atoms with Crippen LogP contribution in [0.2, 0.25) is 0 Å². The number of aryl methyl sites for hydroxylation is 1. The number of rotatable bonds is 3. The lowest BCUT2D eigenvalue weighted by atomic mass is 9.87.